The average Bonchev–Trinajstić information content (AvgIpc) is 2.42. The van der Waals surface area contributed by atoms with Crippen molar-refractivity contribution in [1.82, 2.24) is 0 Å². The van der Waals surface area contributed by atoms with E-state index in [-0.39, 0.29) is 6.42 Å². The summed E-state index contributed by atoms with van der Waals surface area (Å²) in [5.41, 5.74) is 5.42. The van der Waals surface area contributed by atoms with E-state index in [0.29, 0.717) is 24.4 Å². The van der Waals surface area contributed by atoms with Crippen molar-refractivity contribution in [3.63, 3.8) is 0 Å². The van der Waals surface area contributed by atoms with E-state index in [1.165, 1.54) is 0 Å². The summed E-state index contributed by atoms with van der Waals surface area (Å²) in [7, 11) is 0. The molecule has 1 aromatic carbocycles. The first-order chi connectivity index (χ1) is 9.81. The van der Waals surface area contributed by atoms with Crippen molar-refractivity contribution in [3.05, 3.63) is 52.7 Å². The predicted molar refractivity (Wildman–Crippen MR) is 85.7 cm³/mol. The van der Waals surface area contributed by atoms with Gasteiger partial charge in [-0.05, 0) is 50.0 Å². The molecule has 0 spiro atoms. The number of halogens is 3. The highest BCUT2D eigenvalue weighted by molar-refractivity contribution is 6.30. The Morgan fingerprint density at radius 3 is 2.48 bits per heavy atom. The van der Waals surface area contributed by atoms with Gasteiger partial charge in [-0.15, -0.1) is 5.73 Å². The molecule has 0 bridgehead atoms. The molecule has 0 radical (unpaired) electrons. The fourth-order valence-corrected chi connectivity index (χ4v) is 1.92. The molecular weight excluding hydrogens is 292 g/mol. The molecular formula is C17H20ClF2N. The van der Waals surface area contributed by atoms with Crippen molar-refractivity contribution in [2.24, 2.45) is 4.99 Å². The third-order valence-corrected chi connectivity index (χ3v) is 3.27. The van der Waals surface area contributed by atoms with Crippen LogP contribution in [0.25, 0.3) is 0 Å². The Hall–Kier alpha value is -1.44. The van der Waals surface area contributed by atoms with Gasteiger partial charge < -0.3 is 0 Å². The van der Waals surface area contributed by atoms with E-state index in [4.69, 9.17) is 11.6 Å². The number of aliphatic imine (C=N–C) groups is 1. The molecule has 0 aliphatic heterocycles. The molecule has 0 atom stereocenters. The van der Waals surface area contributed by atoms with Crippen LogP contribution < -0.4 is 0 Å². The molecule has 21 heavy (non-hydrogen) atoms. The molecule has 0 aromatic heterocycles. The molecule has 114 valence electrons. The second kappa shape index (κ2) is 8.11. The summed E-state index contributed by atoms with van der Waals surface area (Å²) < 4.78 is 25.8. The van der Waals surface area contributed by atoms with Gasteiger partial charge in [-0.3, -0.25) is 4.99 Å². The Balaban J connectivity index is 2.84. The molecule has 1 rings (SSSR count). The quantitative estimate of drug-likeness (QED) is 0.453. The van der Waals surface area contributed by atoms with Crippen LogP contribution in [0.4, 0.5) is 8.78 Å². The number of hydrogen-bond acceptors (Lipinski definition) is 1. The number of rotatable bonds is 7. The van der Waals surface area contributed by atoms with Gasteiger partial charge in [0, 0.05) is 17.2 Å². The molecule has 0 saturated carbocycles. The van der Waals surface area contributed by atoms with E-state index in [9.17, 15) is 8.78 Å². The molecule has 0 amide bonds. The Morgan fingerprint density at radius 1 is 1.33 bits per heavy atom. The predicted octanol–water partition coefficient (Wildman–Crippen LogP) is 5.69. The Bertz CT molecular complexity index is 535. The van der Waals surface area contributed by atoms with Crippen LogP contribution in [0.1, 0.15) is 38.7 Å². The van der Waals surface area contributed by atoms with Crippen LogP contribution >= 0.6 is 11.6 Å². The molecule has 0 fully saturated rings. The van der Waals surface area contributed by atoms with Crippen LogP contribution in [-0.2, 0) is 0 Å². The normalized spacial score (nSPS) is 12.1. The van der Waals surface area contributed by atoms with Crippen LogP contribution in [0, 0.1) is 0 Å². The first-order valence-electron chi connectivity index (χ1n) is 6.84. The first-order valence-corrected chi connectivity index (χ1v) is 7.22. The van der Waals surface area contributed by atoms with E-state index in [1.54, 1.807) is 12.1 Å². The van der Waals surface area contributed by atoms with Crippen molar-refractivity contribution in [2.45, 2.75) is 39.0 Å². The molecule has 1 aromatic rings. The minimum atomic E-state index is -2.64. The minimum Gasteiger partial charge on any atom is -0.284 e. The molecule has 1 nitrogen and oxygen atoms in total. The van der Waals surface area contributed by atoms with Gasteiger partial charge in [0.1, 0.15) is 0 Å². The van der Waals surface area contributed by atoms with E-state index in [2.05, 4.69) is 17.3 Å². The summed E-state index contributed by atoms with van der Waals surface area (Å²) >= 11 is 5.87. The third-order valence-electron chi connectivity index (χ3n) is 3.02. The van der Waals surface area contributed by atoms with Crippen molar-refractivity contribution in [2.75, 3.05) is 6.54 Å². The van der Waals surface area contributed by atoms with Gasteiger partial charge in [0.15, 0.2) is 0 Å². The van der Waals surface area contributed by atoms with Gasteiger partial charge in [0.05, 0.1) is 6.54 Å². The molecule has 0 heterocycles. The zero-order valence-corrected chi connectivity index (χ0v) is 13.2. The summed E-state index contributed by atoms with van der Waals surface area (Å²) in [6, 6.07) is 7.27. The zero-order valence-electron chi connectivity index (χ0n) is 12.4. The molecule has 0 aliphatic carbocycles. The fraction of sp³-hybridized carbons (Fsp3) is 0.412. The summed E-state index contributed by atoms with van der Waals surface area (Å²) in [5.74, 6) is -2.64. The topological polar surface area (TPSA) is 12.4 Å². The van der Waals surface area contributed by atoms with Gasteiger partial charge in [-0.2, -0.15) is 0 Å². The lowest BCUT2D eigenvalue weighted by Crippen LogP contribution is -2.11. The van der Waals surface area contributed by atoms with Crippen LogP contribution in [0.5, 0.6) is 0 Å². The Kier molecular flexibility index (Phi) is 6.80. The molecule has 0 aliphatic rings. The minimum absolute atomic E-state index is 0.143. The standard InChI is InChI=1S/C17H20ClF2N/c1-4-13(2)12-21-16(6-5-11-17(3,19)20)14-7-9-15(18)10-8-14/h7-10H,1,5-6,11-12H2,2-3H3/b21-16+. The van der Waals surface area contributed by atoms with Crippen LogP contribution in [-0.4, -0.2) is 18.2 Å². The molecule has 0 unspecified atom stereocenters. The van der Waals surface area contributed by atoms with Crippen molar-refractivity contribution >= 4 is 17.3 Å². The van der Waals surface area contributed by atoms with Gasteiger partial charge in [-0.1, -0.05) is 30.3 Å². The van der Waals surface area contributed by atoms with Crippen LogP contribution in [0.15, 0.2) is 47.1 Å². The lowest BCUT2D eigenvalue weighted by atomic mass is 10.0. The van der Waals surface area contributed by atoms with Crippen molar-refractivity contribution in [3.8, 4) is 0 Å². The number of hydrogen-bond donors (Lipinski definition) is 0. The fourth-order valence-electron chi connectivity index (χ4n) is 1.79. The highest BCUT2D eigenvalue weighted by Gasteiger charge is 2.20. The second-order valence-electron chi connectivity index (χ2n) is 5.15. The summed E-state index contributed by atoms with van der Waals surface area (Å²) in [5, 5.41) is 0.639. The average molecular weight is 312 g/mol. The number of benzene rings is 1. The molecule has 0 N–H and O–H groups in total. The van der Waals surface area contributed by atoms with Crippen LogP contribution in [0.3, 0.4) is 0 Å². The third kappa shape index (κ3) is 7.22. The largest absolute Gasteiger partial charge is 0.284 e. The van der Waals surface area contributed by atoms with Crippen molar-refractivity contribution in [1.29, 1.82) is 0 Å². The van der Waals surface area contributed by atoms with Gasteiger partial charge in [0.2, 0.25) is 5.92 Å². The lowest BCUT2D eigenvalue weighted by Gasteiger charge is -2.11. The summed E-state index contributed by atoms with van der Waals surface area (Å²) in [6.07, 6.45) is 0.757. The maximum Gasteiger partial charge on any atom is 0.245 e. The molecule has 0 saturated heterocycles. The van der Waals surface area contributed by atoms with Gasteiger partial charge in [-0.25, -0.2) is 8.78 Å². The maximum atomic E-state index is 12.9. The Morgan fingerprint density at radius 2 is 1.95 bits per heavy atom. The summed E-state index contributed by atoms with van der Waals surface area (Å²) in [6.45, 7) is 6.87. The van der Waals surface area contributed by atoms with Crippen molar-refractivity contribution < 1.29 is 8.78 Å². The van der Waals surface area contributed by atoms with Crippen LogP contribution in [0.2, 0.25) is 5.02 Å². The second-order valence-corrected chi connectivity index (χ2v) is 5.59. The summed E-state index contributed by atoms with van der Waals surface area (Å²) in [4.78, 5) is 4.50. The van der Waals surface area contributed by atoms with E-state index >= 15 is 0 Å². The van der Waals surface area contributed by atoms with Gasteiger partial charge in [0.25, 0.3) is 0 Å². The van der Waals surface area contributed by atoms with E-state index in [0.717, 1.165) is 23.8 Å². The zero-order chi connectivity index (χ0) is 15.9. The van der Waals surface area contributed by atoms with Gasteiger partial charge >= 0.3 is 0 Å². The SMILES string of the molecule is C=C=C(C)C/N=C(\CCCC(C)(F)F)c1ccc(Cl)cc1. The monoisotopic (exact) mass is 311 g/mol. The smallest absolute Gasteiger partial charge is 0.245 e. The number of alkyl halides is 2. The number of nitrogens with zero attached hydrogens (tertiary/aromatic N) is 1. The first kappa shape index (κ1) is 17.6. The van der Waals surface area contributed by atoms with E-state index < -0.39 is 5.92 Å². The molecule has 4 heteroatoms. The lowest BCUT2D eigenvalue weighted by molar-refractivity contribution is 0.0115. The highest BCUT2D eigenvalue weighted by Crippen LogP contribution is 2.21. The van der Waals surface area contributed by atoms with E-state index in [1.807, 2.05) is 19.1 Å². The Labute approximate surface area is 130 Å². The highest BCUT2D eigenvalue weighted by atomic mass is 35.5. The maximum absolute atomic E-state index is 12.9.